The van der Waals surface area contributed by atoms with Crippen LogP contribution in [0.3, 0.4) is 0 Å². The molecule has 0 aliphatic carbocycles. The van der Waals surface area contributed by atoms with E-state index in [4.69, 9.17) is 16.2 Å². The number of halogens is 3. The fourth-order valence-corrected chi connectivity index (χ4v) is 2.49. The molecule has 8 nitrogen and oxygen atoms in total. The van der Waals surface area contributed by atoms with Gasteiger partial charge in [0.15, 0.2) is 5.96 Å². The van der Waals surface area contributed by atoms with Gasteiger partial charge in [-0.05, 0) is 18.2 Å². The van der Waals surface area contributed by atoms with E-state index in [0.29, 0.717) is 0 Å². The number of benzene rings is 1. The molecule has 2 aromatic heterocycles. The van der Waals surface area contributed by atoms with Gasteiger partial charge in [0.1, 0.15) is 23.0 Å². The van der Waals surface area contributed by atoms with Crippen LogP contribution in [0.25, 0.3) is 10.9 Å². The van der Waals surface area contributed by atoms with E-state index in [2.05, 4.69) is 20.3 Å². The van der Waals surface area contributed by atoms with E-state index in [1.54, 1.807) is 0 Å². The Morgan fingerprint density at radius 3 is 2.64 bits per heavy atom. The highest BCUT2D eigenvalue weighted by Gasteiger charge is 2.34. The number of guanidine groups is 1. The van der Waals surface area contributed by atoms with Crippen LogP contribution in [0, 0.1) is 0 Å². The summed E-state index contributed by atoms with van der Waals surface area (Å²) in [4.78, 5) is 22.1. The first-order valence-corrected chi connectivity index (χ1v) is 7.84. The van der Waals surface area contributed by atoms with Gasteiger partial charge >= 0.3 is 6.18 Å². The summed E-state index contributed by atoms with van der Waals surface area (Å²) in [6, 6.07) is 6.10. The van der Waals surface area contributed by atoms with Crippen molar-refractivity contribution in [1.29, 1.82) is 0 Å². The monoisotopic (exact) mass is 392 g/mol. The molecule has 0 unspecified atom stereocenters. The fraction of sp³-hybridized carbons (Fsp3) is 0.118. The van der Waals surface area contributed by atoms with Crippen LogP contribution in [-0.2, 0) is 6.18 Å². The maximum atomic E-state index is 13.5. The molecule has 0 saturated carbocycles. The van der Waals surface area contributed by atoms with Crippen molar-refractivity contribution in [3.05, 3.63) is 47.8 Å². The molecule has 3 aromatic rings. The lowest BCUT2D eigenvalue weighted by Gasteiger charge is -2.12. The normalized spacial score (nSPS) is 12.2. The first-order chi connectivity index (χ1) is 13.2. The van der Waals surface area contributed by atoms with E-state index in [1.807, 2.05) is 0 Å². The van der Waals surface area contributed by atoms with Gasteiger partial charge in [0, 0.05) is 30.8 Å². The van der Waals surface area contributed by atoms with Crippen LogP contribution in [0.15, 0.2) is 41.5 Å². The Morgan fingerprint density at radius 2 is 2.00 bits per heavy atom. The molecule has 0 spiro atoms. The molecule has 146 valence electrons. The molecule has 6 N–H and O–H groups in total. The van der Waals surface area contributed by atoms with Gasteiger partial charge in [0.2, 0.25) is 0 Å². The summed E-state index contributed by atoms with van der Waals surface area (Å²) in [7, 11) is 1.36. The summed E-state index contributed by atoms with van der Waals surface area (Å²) in [6.07, 6.45) is -3.31. The predicted octanol–water partition coefficient (Wildman–Crippen LogP) is 2.63. The standard InChI is InChI=1S/C17H15F3N6O2/c1-23-16(22)26-15(27)13-7-10-11(17(18,19)20)4-9(5-12(10)25-13)28-8-2-3-24-14(21)6-8/h2-7,25H,1H3,(H2,21,24)(H3,22,23,26,27). The average molecular weight is 392 g/mol. The molecule has 0 aliphatic heterocycles. The number of hydrogen-bond acceptors (Lipinski definition) is 5. The number of fused-ring (bicyclic) bond motifs is 1. The summed E-state index contributed by atoms with van der Waals surface area (Å²) in [5.74, 6) is -0.607. The molecular weight excluding hydrogens is 377 g/mol. The highest BCUT2D eigenvalue weighted by atomic mass is 19.4. The molecule has 0 fully saturated rings. The van der Waals surface area contributed by atoms with Gasteiger partial charge in [-0.1, -0.05) is 0 Å². The summed E-state index contributed by atoms with van der Waals surface area (Å²) in [5, 5.41) is 2.06. The molecule has 3 rings (SSSR count). The second-order valence-corrected chi connectivity index (χ2v) is 5.69. The smallest absolute Gasteiger partial charge is 0.417 e. The van der Waals surface area contributed by atoms with Gasteiger partial charge in [-0.25, -0.2) is 4.98 Å². The second kappa shape index (κ2) is 7.10. The summed E-state index contributed by atoms with van der Waals surface area (Å²) >= 11 is 0. The first-order valence-electron chi connectivity index (χ1n) is 7.84. The number of nitrogens with one attached hydrogen (secondary N) is 2. The highest BCUT2D eigenvalue weighted by Crippen LogP contribution is 2.39. The van der Waals surface area contributed by atoms with Crippen LogP contribution in [-0.4, -0.2) is 28.9 Å². The van der Waals surface area contributed by atoms with Crippen molar-refractivity contribution < 1.29 is 22.7 Å². The van der Waals surface area contributed by atoms with E-state index in [-0.39, 0.29) is 39.9 Å². The van der Waals surface area contributed by atoms with Gasteiger partial charge in [0.05, 0.1) is 11.1 Å². The lowest BCUT2D eigenvalue weighted by atomic mass is 10.1. The van der Waals surface area contributed by atoms with Crippen molar-refractivity contribution in [2.24, 2.45) is 10.7 Å². The maximum absolute atomic E-state index is 13.5. The van der Waals surface area contributed by atoms with Crippen LogP contribution in [0.4, 0.5) is 19.0 Å². The molecule has 0 atom stereocenters. The van der Waals surface area contributed by atoms with Crippen molar-refractivity contribution in [3.63, 3.8) is 0 Å². The number of carbonyl (C=O) groups excluding carboxylic acids is 1. The van der Waals surface area contributed by atoms with E-state index in [1.165, 1.54) is 31.4 Å². The van der Waals surface area contributed by atoms with E-state index >= 15 is 0 Å². The number of aliphatic imine (C=N–C) groups is 1. The Hall–Kier alpha value is -3.76. The highest BCUT2D eigenvalue weighted by molar-refractivity contribution is 6.07. The number of nitrogens with two attached hydrogens (primary N) is 2. The summed E-state index contributed by atoms with van der Waals surface area (Å²) in [5.41, 5.74) is 9.95. The SMILES string of the molecule is CN=C(N)NC(=O)c1cc2c(C(F)(F)F)cc(Oc3ccnc(N)c3)cc2[nH]1. The largest absolute Gasteiger partial charge is 0.457 e. The van der Waals surface area contributed by atoms with E-state index < -0.39 is 17.6 Å². The van der Waals surface area contributed by atoms with Crippen LogP contribution in [0.5, 0.6) is 11.5 Å². The topological polar surface area (TPSA) is 131 Å². The van der Waals surface area contributed by atoms with Crippen molar-refractivity contribution in [1.82, 2.24) is 15.3 Å². The first kappa shape index (κ1) is 19.0. The maximum Gasteiger partial charge on any atom is 0.417 e. The number of rotatable bonds is 3. The Bertz CT molecular complexity index is 1070. The number of alkyl halides is 3. The van der Waals surface area contributed by atoms with Gasteiger partial charge in [-0.3, -0.25) is 15.1 Å². The van der Waals surface area contributed by atoms with Crippen LogP contribution in [0.1, 0.15) is 16.1 Å². The number of ether oxygens (including phenoxy) is 1. The Kier molecular flexibility index (Phi) is 4.82. The van der Waals surface area contributed by atoms with Gasteiger partial charge in [-0.2, -0.15) is 13.2 Å². The lowest BCUT2D eigenvalue weighted by Crippen LogP contribution is -2.36. The minimum Gasteiger partial charge on any atom is -0.457 e. The Labute approximate surface area is 156 Å². The second-order valence-electron chi connectivity index (χ2n) is 5.69. The number of hydrogen-bond donors (Lipinski definition) is 4. The molecule has 1 aromatic carbocycles. The number of nitrogens with zero attached hydrogens (tertiary/aromatic N) is 2. The zero-order valence-electron chi connectivity index (χ0n) is 14.5. The number of pyridine rings is 1. The fourth-order valence-electron chi connectivity index (χ4n) is 2.49. The molecule has 0 bridgehead atoms. The van der Waals surface area contributed by atoms with Crippen molar-refractivity contribution in [3.8, 4) is 11.5 Å². The zero-order valence-corrected chi connectivity index (χ0v) is 14.5. The van der Waals surface area contributed by atoms with Crippen LogP contribution < -0.4 is 21.5 Å². The lowest BCUT2D eigenvalue weighted by molar-refractivity contribution is -0.136. The summed E-state index contributed by atoms with van der Waals surface area (Å²) in [6.45, 7) is 0. The van der Waals surface area contributed by atoms with Gasteiger partial charge < -0.3 is 21.2 Å². The van der Waals surface area contributed by atoms with E-state index in [0.717, 1.165) is 12.1 Å². The number of amides is 1. The third kappa shape index (κ3) is 3.98. The number of H-pyrrole nitrogens is 1. The molecular formula is C17H15F3N6O2. The minimum absolute atomic E-state index is 0.0593. The van der Waals surface area contributed by atoms with Crippen molar-refractivity contribution in [2.75, 3.05) is 12.8 Å². The molecule has 11 heteroatoms. The number of anilines is 1. The average Bonchev–Trinajstić information content (AvgIpc) is 3.04. The van der Waals surface area contributed by atoms with Gasteiger partial charge in [-0.15, -0.1) is 0 Å². The third-order valence-electron chi connectivity index (χ3n) is 3.73. The summed E-state index contributed by atoms with van der Waals surface area (Å²) < 4.78 is 46.1. The molecule has 0 radical (unpaired) electrons. The van der Waals surface area contributed by atoms with Gasteiger partial charge in [0.25, 0.3) is 5.91 Å². The van der Waals surface area contributed by atoms with Crippen molar-refractivity contribution in [2.45, 2.75) is 6.18 Å². The minimum atomic E-state index is -4.67. The number of carbonyl (C=O) groups is 1. The number of aromatic nitrogens is 2. The quantitative estimate of drug-likeness (QED) is 0.402. The molecule has 28 heavy (non-hydrogen) atoms. The van der Waals surface area contributed by atoms with E-state index in [9.17, 15) is 18.0 Å². The zero-order chi connectivity index (χ0) is 20.5. The number of aromatic amines is 1. The molecule has 2 heterocycles. The van der Waals surface area contributed by atoms with Crippen molar-refractivity contribution >= 4 is 28.6 Å². The van der Waals surface area contributed by atoms with Crippen LogP contribution in [0.2, 0.25) is 0 Å². The number of nitrogen functional groups attached to an aromatic ring is 1. The molecule has 0 saturated heterocycles. The molecule has 0 aliphatic rings. The Morgan fingerprint density at radius 1 is 1.25 bits per heavy atom. The third-order valence-corrected chi connectivity index (χ3v) is 3.73. The molecule has 1 amide bonds. The van der Waals surface area contributed by atoms with Crippen LogP contribution >= 0.6 is 0 Å². The predicted molar refractivity (Wildman–Crippen MR) is 97.0 cm³/mol. The Balaban J connectivity index is 2.06.